The van der Waals surface area contributed by atoms with Crippen LogP contribution in [0.1, 0.15) is 95.9 Å². The first kappa shape index (κ1) is 46.1. The predicted octanol–water partition coefficient (Wildman–Crippen LogP) is 2.13. The van der Waals surface area contributed by atoms with Crippen molar-refractivity contribution >= 4 is 41.5 Å². The Kier molecular flexibility index (Phi) is 18.5. The van der Waals surface area contributed by atoms with Gasteiger partial charge in [-0.2, -0.15) is 8.78 Å². The van der Waals surface area contributed by atoms with Crippen LogP contribution >= 0.6 is 0 Å². The molecule has 50 heavy (non-hydrogen) atoms. The molecule has 6 N–H and O–H groups in total. The van der Waals surface area contributed by atoms with Crippen LogP contribution in [0.2, 0.25) is 0 Å². The van der Waals surface area contributed by atoms with Gasteiger partial charge < -0.3 is 30.7 Å². The number of alkyl halides is 2. The van der Waals surface area contributed by atoms with Crippen LogP contribution in [0.15, 0.2) is 0 Å². The fraction of sp³-hybridized carbons (Fsp3) is 0.788. The number of Topliss-reactive ketones (excluding diaryl/α,β-unsaturated/α-hetero) is 1. The molecule has 0 fully saturated rings. The Morgan fingerprint density at radius 3 is 1.52 bits per heavy atom. The number of esters is 1. The van der Waals surface area contributed by atoms with Gasteiger partial charge in [-0.15, -0.1) is 0 Å². The van der Waals surface area contributed by atoms with Crippen molar-refractivity contribution in [1.82, 2.24) is 32.1 Å². The molecular formula is C33H58F2N6O9. The van der Waals surface area contributed by atoms with Crippen LogP contribution in [0, 0.1) is 23.7 Å². The number of hydrogen-bond donors (Lipinski definition) is 6. The van der Waals surface area contributed by atoms with Gasteiger partial charge in [-0.1, -0.05) is 68.2 Å². The number of hydrazine groups is 1. The second kappa shape index (κ2) is 20.1. The molecule has 0 aromatic rings. The Morgan fingerprint density at radius 1 is 0.640 bits per heavy atom. The molecule has 0 rings (SSSR count). The van der Waals surface area contributed by atoms with Gasteiger partial charge in [0.2, 0.25) is 23.5 Å². The van der Waals surface area contributed by atoms with E-state index in [1.165, 1.54) is 0 Å². The maximum absolute atomic E-state index is 15.1. The summed E-state index contributed by atoms with van der Waals surface area (Å²) in [5.74, 6) is -13.8. The van der Waals surface area contributed by atoms with E-state index in [0.29, 0.717) is 12.8 Å². The number of methoxy groups -OCH3 is 1. The zero-order valence-corrected chi connectivity index (χ0v) is 31.5. The second-order valence-corrected chi connectivity index (χ2v) is 14.1. The molecule has 0 saturated heterocycles. The van der Waals surface area contributed by atoms with Crippen molar-refractivity contribution in [3.05, 3.63) is 0 Å². The van der Waals surface area contributed by atoms with Gasteiger partial charge in [-0.05, 0) is 51.4 Å². The van der Waals surface area contributed by atoms with Gasteiger partial charge in [0, 0.05) is 0 Å². The van der Waals surface area contributed by atoms with Crippen LogP contribution in [-0.4, -0.2) is 90.3 Å². The molecule has 0 aromatic heterocycles. The summed E-state index contributed by atoms with van der Waals surface area (Å²) >= 11 is 0. The second-order valence-electron chi connectivity index (χ2n) is 14.1. The lowest BCUT2D eigenvalue weighted by Crippen LogP contribution is -2.62. The summed E-state index contributed by atoms with van der Waals surface area (Å²) in [7, 11) is 1.15. The Bertz CT molecular complexity index is 1210. The van der Waals surface area contributed by atoms with Gasteiger partial charge in [-0.25, -0.2) is 15.0 Å². The van der Waals surface area contributed by atoms with Crippen LogP contribution in [0.4, 0.5) is 13.6 Å². The van der Waals surface area contributed by atoms with Crippen LogP contribution < -0.4 is 32.1 Å². The molecule has 0 spiro atoms. The van der Waals surface area contributed by atoms with Crippen LogP contribution in [0.5, 0.6) is 0 Å². The number of hydrogen-bond acceptors (Lipinski definition) is 10. The topological polar surface area (TPSA) is 210 Å². The lowest BCUT2D eigenvalue weighted by molar-refractivity contribution is -0.161. The van der Waals surface area contributed by atoms with E-state index < -0.39 is 101 Å². The van der Waals surface area contributed by atoms with Crippen molar-refractivity contribution in [2.24, 2.45) is 23.7 Å². The fourth-order valence-corrected chi connectivity index (χ4v) is 4.46. The summed E-state index contributed by atoms with van der Waals surface area (Å²) in [6.07, 6.45) is 0.00869. The summed E-state index contributed by atoms with van der Waals surface area (Å²) in [6, 6.07) is -6.65. The van der Waals surface area contributed by atoms with Gasteiger partial charge in [0.15, 0.2) is 0 Å². The highest BCUT2D eigenvalue weighted by Gasteiger charge is 2.50. The Labute approximate surface area is 293 Å². The summed E-state index contributed by atoms with van der Waals surface area (Å²) < 4.78 is 40.2. The highest BCUT2D eigenvalue weighted by atomic mass is 19.3. The standard InChI is InChI=1S/C33H58F2N6O9/c1-14-18(7)23(37-26(43)21(16(3)4)39-31(48)50-32(10,11)12)28(45)36-20(9)25(42)33(34,35)30(47)41-40-22(17(5)6)27(44)38-24(19(8)15-2)29(46)49-13/h16-24,40H,14-15H2,1-13H3,(H,36,45)(H,37,43)(H,38,44)(H,39,48)(H,41,47)/t18-,19-,20-,21-,22-,23-,24-/m0/s1. The Morgan fingerprint density at radius 2 is 1.08 bits per heavy atom. The van der Waals surface area contributed by atoms with E-state index >= 15 is 8.78 Å². The molecular weight excluding hydrogens is 662 g/mol. The number of halogens is 2. The van der Waals surface area contributed by atoms with Crippen molar-refractivity contribution in [3.63, 3.8) is 0 Å². The maximum Gasteiger partial charge on any atom is 0.408 e. The molecule has 0 radical (unpaired) electrons. The molecule has 0 aliphatic carbocycles. The number of carbonyl (C=O) groups is 7. The van der Waals surface area contributed by atoms with E-state index in [4.69, 9.17) is 9.47 Å². The van der Waals surface area contributed by atoms with Crippen molar-refractivity contribution in [3.8, 4) is 0 Å². The number of rotatable bonds is 19. The van der Waals surface area contributed by atoms with E-state index in [0.717, 1.165) is 14.0 Å². The minimum atomic E-state index is -4.67. The summed E-state index contributed by atoms with van der Waals surface area (Å²) in [4.78, 5) is 89.4. The van der Waals surface area contributed by atoms with Crippen molar-refractivity contribution in [2.45, 2.75) is 138 Å². The van der Waals surface area contributed by atoms with Crippen LogP contribution in [0.3, 0.4) is 0 Å². The monoisotopic (exact) mass is 720 g/mol. The van der Waals surface area contributed by atoms with Crippen molar-refractivity contribution in [2.75, 3.05) is 7.11 Å². The number of amides is 5. The molecule has 0 heterocycles. The number of carbonyl (C=O) groups excluding carboxylic acids is 7. The van der Waals surface area contributed by atoms with E-state index in [-0.39, 0.29) is 5.92 Å². The smallest absolute Gasteiger partial charge is 0.408 e. The first-order chi connectivity index (χ1) is 22.9. The van der Waals surface area contributed by atoms with Gasteiger partial charge in [0.25, 0.3) is 0 Å². The molecule has 0 aromatic carbocycles. The highest BCUT2D eigenvalue weighted by Crippen LogP contribution is 2.19. The molecule has 7 atom stereocenters. The zero-order valence-electron chi connectivity index (χ0n) is 31.5. The maximum atomic E-state index is 15.1. The molecule has 5 amide bonds. The van der Waals surface area contributed by atoms with E-state index in [1.54, 1.807) is 81.6 Å². The third-order valence-electron chi connectivity index (χ3n) is 8.02. The van der Waals surface area contributed by atoms with Gasteiger partial charge in [0.1, 0.15) is 29.8 Å². The zero-order chi connectivity index (χ0) is 39.3. The minimum absolute atomic E-state index is 0.328. The minimum Gasteiger partial charge on any atom is -0.467 e. The number of nitrogens with one attached hydrogen (secondary N) is 6. The summed E-state index contributed by atoms with van der Waals surface area (Å²) in [5, 5.41) is 9.66. The van der Waals surface area contributed by atoms with E-state index in [1.807, 2.05) is 0 Å². The molecule has 15 nitrogen and oxygen atoms in total. The summed E-state index contributed by atoms with van der Waals surface area (Å²) in [5.41, 5.74) is 3.09. The molecule has 0 unspecified atom stereocenters. The molecule has 0 saturated carbocycles. The third-order valence-corrected chi connectivity index (χ3v) is 8.02. The van der Waals surface area contributed by atoms with Crippen molar-refractivity contribution < 1.29 is 51.8 Å². The number of alkyl carbamates (subject to hydrolysis) is 1. The molecule has 17 heteroatoms. The summed E-state index contributed by atoms with van der Waals surface area (Å²) in [6.45, 7) is 19.2. The normalized spacial score (nSPS) is 16.1. The quantitative estimate of drug-likeness (QED) is 0.0651. The van der Waals surface area contributed by atoms with Crippen LogP contribution in [-0.2, 0) is 38.2 Å². The Balaban J connectivity index is 5.77. The van der Waals surface area contributed by atoms with Gasteiger partial charge >= 0.3 is 23.9 Å². The third kappa shape index (κ3) is 14.2. The van der Waals surface area contributed by atoms with Crippen LogP contribution in [0.25, 0.3) is 0 Å². The average Bonchev–Trinajstić information content (AvgIpc) is 3.01. The average molecular weight is 721 g/mol. The van der Waals surface area contributed by atoms with Crippen molar-refractivity contribution in [1.29, 1.82) is 0 Å². The number of ketones is 1. The first-order valence-electron chi connectivity index (χ1n) is 16.8. The largest absolute Gasteiger partial charge is 0.467 e. The SMILES string of the molecule is CC[C@H](C)[C@H](NC(=O)[C@@H](NC(=O)OC(C)(C)C)C(C)C)C(=O)N[C@@H](C)C(=O)C(F)(F)C(=O)NN[C@H](C(=O)N[C@H](C(=O)OC)[C@@H](C)CC)C(C)C. The first-order valence-corrected chi connectivity index (χ1v) is 16.8. The van der Waals surface area contributed by atoms with Gasteiger partial charge in [-0.3, -0.25) is 29.4 Å². The van der Waals surface area contributed by atoms with Gasteiger partial charge in [0.05, 0.1) is 13.2 Å². The lowest BCUT2D eigenvalue weighted by atomic mass is 9.96. The Hall–Kier alpha value is -3.89. The molecule has 288 valence electrons. The number of ether oxygens (including phenoxy) is 2. The fourth-order valence-electron chi connectivity index (χ4n) is 4.46. The molecule has 0 aliphatic rings. The molecule has 0 aliphatic heterocycles. The predicted molar refractivity (Wildman–Crippen MR) is 180 cm³/mol. The molecule has 0 bridgehead atoms. The van der Waals surface area contributed by atoms with E-state index in [9.17, 15) is 33.6 Å². The highest BCUT2D eigenvalue weighted by molar-refractivity contribution is 6.10. The van der Waals surface area contributed by atoms with E-state index in [2.05, 4.69) is 26.7 Å². The lowest BCUT2D eigenvalue weighted by Gasteiger charge is -2.30.